The van der Waals surface area contributed by atoms with E-state index in [0.717, 1.165) is 11.5 Å². The molecule has 0 spiro atoms. The predicted octanol–water partition coefficient (Wildman–Crippen LogP) is 3.54. The Hall–Kier alpha value is -1.20. The van der Waals surface area contributed by atoms with Crippen molar-refractivity contribution in [3.8, 4) is 0 Å². The van der Waals surface area contributed by atoms with Crippen LogP contribution in [0.25, 0.3) is 5.47 Å². The summed E-state index contributed by atoms with van der Waals surface area (Å²) in [4.78, 5) is 0. The molecule has 2 nitrogen and oxygen atoms in total. The Balaban J connectivity index is 1.97. The quantitative estimate of drug-likeness (QED) is 0.731. The third kappa shape index (κ3) is 1.92. The van der Waals surface area contributed by atoms with Gasteiger partial charge in [-0.1, -0.05) is 6.08 Å². The van der Waals surface area contributed by atoms with E-state index in [1.807, 2.05) is 33.8 Å². The van der Waals surface area contributed by atoms with Crippen LogP contribution >= 0.6 is 0 Å². The van der Waals surface area contributed by atoms with Gasteiger partial charge in [0.1, 0.15) is 11.6 Å². The molecule has 0 aromatic heterocycles. The van der Waals surface area contributed by atoms with E-state index in [1.165, 1.54) is 6.07 Å². The summed E-state index contributed by atoms with van der Waals surface area (Å²) in [6.45, 7) is 7.82. The predicted molar refractivity (Wildman–Crippen MR) is 74.1 cm³/mol. The van der Waals surface area contributed by atoms with Crippen LogP contribution < -0.4 is 0 Å². The molecule has 1 saturated heterocycles. The molecule has 3 rings (SSSR count). The van der Waals surface area contributed by atoms with E-state index in [4.69, 9.17) is 9.31 Å². The average Bonchev–Trinajstić information content (AvgIpc) is 2.78. The Morgan fingerprint density at radius 1 is 1.05 bits per heavy atom. The van der Waals surface area contributed by atoms with Crippen molar-refractivity contribution >= 4 is 12.6 Å². The van der Waals surface area contributed by atoms with Gasteiger partial charge in [0.05, 0.1) is 11.2 Å². The second-order valence-electron chi connectivity index (χ2n) is 6.37. The van der Waals surface area contributed by atoms with E-state index in [-0.39, 0.29) is 0 Å². The fraction of sp³-hybridized carbons (Fsp3) is 0.467. The van der Waals surface area contributed by atoms with Gasteiger partial charge < -0.3 is 9.31 Å². The Labute approximate surface area is 117 Å². The van der Waals surface area contributed by atoms with Crippen molar-refractivity contribution in [3.05, 3.63) is 41.0 Å². The molecule has 1 aliphatic carbocycles. The summed E-state index contributed by atoms with van der Waals surface area (Å²) in [5.74, 6) is -1.09. The molecule has 1 aromatic carbocycles. The number of benzene rings is 1. The lowest BCUT2D eigenvalue weighted by atomic mass is 9.75. The zero-order valence-corrected chi connectivity index (χ0v) is 12.1. The lowest BCUT2D eigenvalue weighted by Gasteiger charge is -2.32. The van der Waals surface area contributed by atoms with E-state index >= 15 is 0 Å². The zero-order chi connectivity index (χ0) is 14.7. The van der Waals surface area contributed by atoms with Gasteiger partial charge in [0.25, 0.3) is 0 Å². The van der Waals surface area contributed by atoms with E-state index in [2.05, 4.69) is 0 Å². The number of rotatable bonds is 1. The Morgan fingerprint density at radius 3 is 2.25 bits per heavy atom. The molecular formula is C15H17BF2O2. The van der Waals surface area contributed by atoms with Crippen molar-refractivity contribution in [2.24, 2.45) is 0 Å². The summed E-state index contributed by atoms with van der Waals surface area (Å²) in [5, 5.41) is 0. The molecule has 0 radical (unpaired) electrons. The van der Waals surface area contributed by atoms with Gasteiger partial charge in [0.2, 0.25) is 0 Å². The van der Waals surface area contributed by atoms with Crippen molar-refractivity contribution in [3.63, 3.8) is 0 Å². The summed E-state index contributed by atoms with van der Waals surface area (Å²) in [6.07, 6.45) is 2.30. The molecule has 1 aromatic rings. The van der Waals surface area contributed by atoms with Gasteiger partial charge in [0, 0.05) is 6.07 Å². The maximum atomic E-state index is 13.8. The molecule has 0 unspecified atom stereocenters. The summed E-state index contributed by atoms with van der Waals surface area (Å²) in [6, 6.07) is 2.27. The number of hydrogen-bond donors (Lipinski definition) is 0. The molecule has 1 heterocycles. The summed E-state index contributed by atoms with van der Waals surface area (Å²) >= 11 is 0. The molecule has 2 aliphatic rings. The summed E-state index contributed by atoms with van der Waals surface area (Å²) in [5.41, 5.74) is 0.856. The zero-order valence-electron chi connectivity index (χ0n) is 12.1. The van der Waals surface area contributed by atoms with Crippen LogP contribution in [0, 0.1) is 11.6 Å². The van der Waals surface area contributed by atoms with Gasteiger partial charge in [-0.05, 0) is 56.8 Å². The topological polar surface area (TPSA) is 18.5 Å². The van der Waals surface area contributed by atoms with Gasteiger partial charge >= 0.3 is 7.12 Å². The Bertz CT molecular complexity index is 592. The fourth-order valence-electron chi connectivity index (χ4n) is 2.58. The largest absolute Gasteiger partial charge is 0.495 e. The highest BCUT2D eigenvalue weighted by Crippen LogP contribution is 2.43. The van der Waals surface area contributed by atoms with E-state index < -0.39 is 30.0 Å². The first-order valence-electron chi connectivity index (χ1n) is 6.75. The molecule has 0 saturated carbocycles. The minimum atomic E-state index is -0.581. The first kappa shape index (κ1) is 13.8. The van der Waals surface area contributed by atoms with Crippen LogP contribution in [0.4, 0.5) is 8.78 Å². The highest BCUT2D eigenvalue weighted by Gasteiger charge is 2.53. The number of halogens is 2. The first-order valence-corrected chi connectivity index (χ1v) is 6.75. The van der Waals surface area contributed by atoms with Crippen LogP contribution in [0.3, 0.4) is 0 Å². The van der Waals surface area contributed by atoms with Gasteiger partial charge in [-0.15, -0.1) is 0 Å². The number of fused-ring (bicyclic) bond motifs is 1. The molecule has 0 N–H and O–H groups in total. The second kappa shape index (κ2) is 4.15. The second-order valence-corrected chi connectivity index (χ2v) is 6.37. The molecular weight excluding hydrogens is 261 g/mol. The van der Waals surface area contributed by atoms with E-state index in [0.29, 0.717) is 17.5 Å². The average molecular weight is 278 g/mol. The SMILES string of the molecule is CC1(C)OB(C2=CCc3c(F)cc(F)cc32)OC1(C)C. The van der Waals surface area contributed by atoms with Crippen molar-refractivity contribution in [2.75, 3.05) is 0 Å². The van der Waals surface area contributed by atoms with Crippen LogP contribution in [0.2, 0.25) is 0 Å². The minimum absolute atomic E-state index is 0.445. The highest BCUT2D eigenvalue weighted by molar-refractivity contribution is 6.69. The lowest BCUT2D eigenvalue weighted by molar-refractivity contribution is 0.00578. The maximum absolute atomic E-state index is 13.8. The highest BCUT2D eigenvalue weighted by atomic mass is 19.1. The molecule has 0 atom stereocenters. The van der Waals surface area contributed by atoms with Crippen LogP contribution in [0.15, 0.2) is 18.2 Å². The van der Waals surface area contributed by atoms with Crippen LogP contribution in [0.5, 0.6) is 0 Å². The van der Waals surface area contributed by atoms with Crippen molar-refractivity contribution in [2.45, 2.75) is 45.3 Å². The maximum Gasteiger partial charge on any atom is 0.495 e. The molecule has 1 aliphatic heterocycles. The van der Waals surface area contributed by atoms with Gasteiger partial charge in [-0.2, -0.15) is 0 Å². The monoisotopic (exact) mass is 278 g/mol. The minimum Gasteiger partial charge on any atom is -0.399 e. The van der Waals surface area contributed by atoms with Crippen LogP contribution in [-0.4, -0.2) is 18.3 Å². The molecule has 106 valence electrons. The molecule has 1 fully saturated rings. The summed E-state index contributed by atoms with van der Waals surface area (Å²) < 4.78 is 39.1. The summed E-state index contributed by atoms with van der Waals surface area (Å²) in [7, 11) is -0.581. The first-order chi connectivity index (χ1) is 9.21. The van der Waals surface area contributed by atoms with Crippen LogP contribution in [0.1, 0.15) is 38.8 Å². The third-order valence-electron chi connectivity index (χ3n) is 4.50. The Morgan fingerprint density at radius 2 is 1.65 bits per heavy atom. The van der Waals surface area contributed by atoms with Crippen molar-refractivity contribution < 1.29 is 18.1 Å². The van der Waals surface area contributed by atoms with Crippen LogP contribution in [-0.2, 0) is 15.7 Å². The molecule has 0 amide bonds. The number of allylic oxidation sites excluding steroid dienone is 1. The van der Waals surface area contributed by atoms with Gasteiger partial charge in [-0.3, -0.25) is 0 Å². The Kier molecular flexibility index (Phi) is 2.86. The van der Waals surface area contributed by atoms with Gasteiger partial charge in [0.15, 0.2) is 0 Å². The van der Waals surface area contributed by atoms with E-state index in [9.17, 15) is 8.78 Å². The van der Waals surface area contributed by atoms with Crippen molar-refractivity contribution in [1.29, 1.82) is 0 Å². The smallest absolute Gasteiger partial charge is 0.399 e. The number of hydrogen-bond acceptors (Lipinski definition) is 2. The lowest BCUT2D eigenvalue weighted by Crippen LogP contribution is -2.41. The molecule has 0 bridgehead atoms. The fourth-order valence-corrected chi connectivity index (χ4v) is 2.58. The molecule has 20 heavy (non-hydrogen) atoms. The van der Waals surface area contributed by atoms with Gasteiger partial charge in [-0.25, -0.2) is 8.78 Å². The van der Waals surface area contributed by atoms with Crippen molar-refractivity contribution in [1.82, 2.24) is 0 Å². The molecule has 5 heteroatoms. The third-order valence-corrected chi connectivity index (χ3v) is 4.50. The van der Waals surface area contributed by atoms with E-state index in [1.54, 1.807) is 0 Å². The standard InChI is InChI=1S/C15H17BF2O2/c1-14(2)15(3,4)20-16(19-14)12-6-5-10-11(12)7-9(17)8-13(10)18/h6-8H,5H2,1-4H3. The normalized spacial score (nSPS) is 22.9.